The minimum atomic E-state index is -0.197. The van der Waals surface area contributed by atoms with Crippen molar-refractivity contribution < 1.29 is 14.1 Å². The lowest BCUT2D eigenvalue weighted by atomic mass is 9.78. The Hall–Kier alpha value is -1.36. The summed E-state index contributed by atoms with van der Waals surface area (Å²) >= 11 is 0. The third-order valence-corrected chi connectivity index (χ3v) is 4.17. The smallest absolute Gasteiger partial charge is 0.289 e. The molecule has 5 heteroatoms. The average Bonchev–Trinajstić information content (AvgIpc) is 2.94. The van der Waals surface area contributed by atoms with Crippen molar-refractivity contribution >= 4 is 5.91 Å². The molecule has 124 valence electrons. The Morgan fingerprint density at radius 1 is 1.45 bits per heavy atom. The average molecular weight is 308 g/mol. The maximum atomic E-state index is 12.2. The summed E-state index contributed by atoms with van der Waals surface area (Å²) in [5.41, 5.74) is 0.881. The van der Waals surface area contributed by atoms with Crippen LogP contribution in [0.5, 0.6) is 0 Å². The summed E-state index contributed by atoms with van der Waals surface area (Å²) in [5, 5.41) is 6.90. The van der Waals surface area contributed by atoms with Crippen molar-refractivity contribution in [1.82, 2.24) is 10.5 Å². The van der Waals surface area contributed by atoms with E-state index in [0.717, 1.165) is 25.1 Å². The van der Waals surface area contributed by atoms with Gasteiger partial charge in [0.15, 0.2) is 0 Å². The Labute approximate surface area is 132 Å². The molecule has 22 heavy (non-hydrogen) atoms. The molecule has 2 rings (SSSR count). The Morgan fingerprint density at radius 3 is 2.77 bits per heavy atom. The number of carbonyl (C=O) groups is 1. The van der Waals surface area contributed by atoms with Crippen LogP contribution in [0.1, 0.15) is 69.6 Å². The van der Waals surface area contributed by atoms with Crippen molar-refractivity contribution in [3.8, 4) is 0 Å². The third-order valence-electron chi connectivity index (χ3n) is 4.17. The van der Waals surface area contributed by atoms with E-state index in [0.29, 0.717) is 12.5 Å². The molecule has 5 nitrogen and oxygen atoms in total. The molecule has 0 radical (unpaired) electrons. The third kappa shape index (κ3) is 4.09. The van der Waals surface area contributed by atoms with Crippen molar-refractivity contribution in [3.05, 3.63) is 17.5 Å². The summed E-state index contributed by atoms with van der Waals surface area (Å²) in [6.07, 6.45) is 2.30. The molecular formula is C17H28N2O3. The lowest BCUT2D eigenvalue weighted by molar-refractivity contribution is -0.0839. The summed E-state index contributed by atoms with van der Waals surface area (Å²) < 4.78 is 11.1. The van der Waals surface area contributed by atoms with Crippen LogP contribution in [-0.2, 0) is 4.74 Å². The minimum absolute atomic E-state index is 0.0763. The van der Waals surface area contributed by atoms with Gasteiger partial charge in [-0.05, 0) is 24.2 Å². The van der Waals surface area contributed by atoms with Gasteiger partial charge in [-0.15, -0.1) is 0 Å². The highest BCUT2D eigenvalue weighted by Crippen LogP contribution is 2.33. The van der Waals surface area contributed by atoms with Crippen LogP contribution in [0.2, 0.25) is 0 Å². The van der Waals surface area contributed by atoms with E-state index >= 15 is 0 Å². The van der Waals surface area contributed by atoms with E-state index in [2.05, 4.69) is 31.2 Å². The second-order valence-electron chi connectivity index (χ2n) is 7.54. The predicted octanol–water partition coefficient (Wildman–Crippen LogP) is 3.37. The molecule has 0 aliphatic carbocycles. The van der Waals surface area contributed by atoms with Crippen LogP contribution in [0.15, 0.2) is 10.6 Å². The lowest BCUT2D eigenvalue weighted by Crippen LogP contribution is -2.45. The van der Waals surface area contributed by atoms with Crippen molar-refractivity contribution in [2.75, 3.05) is 13.2 Å². The van der Waals surface area contributed by atoms with Gasteiger partial charge in [0.25, 0.3) is 5.91 Å². The lowest BCUT2D eigenvalue weighted by Gasteiger charge is -2.40. The Bertz CT molecular complexity index is 502. The van der Waals surface area contributed by atoms with E-state index in [4.69, 9.17) is 9.26 Å². The fourth-order valence-corrected chi connectivity index (χ4v) is 2.99. The van der Waals surface area contributed by atoms with E-state index in [9.17, 15) is 4.79 Å². The maximum Gasteiger partial charge on any atom is 0.289 e. The fraction of sp³-hybridized carbons (Fsp3) is 0.765. The molecule has 0 aromatic carbocycles. The minimum Gasteiger partial charge on any atom is -0.377 e. The van der Waals surface area contributed by atoms with Gasteiger partial charge in [-0.1, -0.05) is 39.8 Å². The number of amides is 1. The number of aromatic nitrogens is 1. The zero-order valence-electron chi connectivity index (χ0n) is 14.3. The Kier molecular flexibility index (Phi) is 5.27. The van der Waals surface area contributed by atoms with Crippen LogP contribution in [0, 0.1) is 11.3 Å². The molecule has 2 heterocycles. The van der Waals surface area contributed by atoms with Gasteiger partial charge < -0.3 is 14.6 Å². The first-order chi connectivity index (χ1) is 10.3. The highest BCUT2D eigenvalue weighted by atomic mass is 16.5. The molecule has 1 N–H and O–H groups in total. The maximum absolute atomic E-state index is 12.2. The second-order valence-corrected chi connectivity index (χ2v) is 7.54. The van der Waals surface area contributed by atoms with Crippen LogP contribution in [0.3, 0.4) is 0 Å². The normalized spacial score (nSPS) is 22.8. The van der Waals surface area contributed by atoms with E-state index in [1.54, 1.807) is 6.07 Å². The van der Waals surface area contributed by atoms with Crippen LogP contribution in [0.4, 0.5) is 0 Å². The van der Waals surface area contributed by atoms with Crippen LogP contribution in [-0.4, -0.2) is 30.3 Å². The molecule has 2 atom stereocenters. The summed E-state index contributed by atoms with van der Waals surface area (Å²) in [7, 11) is 0. The van der Waals surface area contributed by atoms with Gasteiger partial charge in [0, 0.05) is 25.1 Å². The van der Waals surface area contributed by atoms with E-state index in [1.165, 1.54) is 0 Å². The molecular weight excluding hydrogens is 280 g/mol. The van der Waals surface area contributed by atoms with Crippen LogP contribution >= 0.6 is 0 Å². The highest BCUT2D eigenvalue weighted by Gasteiger charge is 2.35. The molecule has 0 spiro atoms. The SMILES string of the molecule is CC(C)c1cc(C(=O)NCC2CCCOC2C(C)(C)C)on1. The fourth-order valence-electron chi connectivity index (χ4n) is 2.99. The molecule has 0 saturated carbocycles. The number of ether oxygens (including phenoxy) is 1. The zero-order valence-corrected chi connectivity index (χ0v) is 14.3. The molecule has 1 aromatic heterocycles. The van der Waals surface area contributed by atoms with Gasteiger partial charge in [0.05, 0.1) is 11.8 Å². The summed E-state index contributed by atoms with van der Waals surface area (Å²) in [6.45, 7) is 12.0. The topological polar surface area (TPSA) is 64.4 Å². The zero-order chi connectivity index (χ0) is 16.3. The van der Waals surface area contributed by atoms with E-state index < -0.39 is 0 Å². The second kappa shape index (κ2) is 6.82. The van der Waals surface area contributed by atoms with Gasteiger partial charge in [0.2, 0.25) is 5.76 Å². The highest BCUT2D eigenvalue weighted by molar-refractivity contribution is 5.91. The number of hydrogen-bond acceptors (Lipinski definition) is 4. The van der Waals surface area contributed by atoms with E-state index in [-0.39, 0.29) is 29.1 Å². The number of rotatable bonds is 4. The number of hydrogen-bond donors (Lipinski definition) is 1. The molecule has 1 aliphatic rings. The van der Waals surface area contributed by atoms with E-state index in [1.807, 2.05) is 13.8 Å². The van der Waals surface area contributed by atoms with Gasteiger partial charge >= 0.3 is 0 Å². The first kappa shape index (κ1) is 17.0. The predicted molar refractivity (Wildman–Crippen MR) is 84.8 cm³/mol. The molecule has 1 saturated heterocycles. The number of nitrogens with zero attached hydrogens (tertiary/aromatic N) is 1. The van der Waals surface area contributed by atoms with Gasteiger partial charge in [-0.2, -0.15) is 0 Å². The molecule has 1 aliphatic heterocycles. The summed E-state index contributed by atoms with van der Waals surface area (Å²) in [5.74, 6) is 0.679. The van der Waals surface area contributed by atoms with Gasteiger partial charge in [-0.25, -0.2) is 0 Å². The summed E-state index contributed by atoms with van der Waals surface area (Å²) in [6, 6.07) is 1.72. The van der Waals surface area contributed by atoms with Gasteiger partial charge in [-0.3, -0.25) is 4.79 Å². The Balaban J connectivity index is 1.94. The molecule has 1 amide bonds. The number of carbonyl (C=O) groups excluding carboxylic acids is 1. The molecule has 1 fully saturated rings. The monoisotopic (exact) mass is 308 g/mol. The van der Waals surface area contributed by atoms with Crippen molar-refractivity contribution in [2.45, 2.75) is 59.5 Å². The largest absolute Gasteiger partial charge is 0.377 e. The molecule has 0 bridgehead atoms. The standard InChI is InChI=1S/C17H28N2O3/c1-11(2)13-9-14(22-19-13)16(20)18-10-12-7-6-8-21-15(12)17(3,4)5/h9,11-12,15H,6-8,10H2,1-5H3,(H,18,20). The summed E-state index contributed by atoms with van der Waals surface area (Å²) in [4.78, 5) is 12.2. The van der Waals surface area contributed by atoms with Crippen molar-refractivity contribution in [1.29, 1.82) is 0 Å². The molecule has 1 aromatic rings. The van der Waals surface area contributed by atoms with Crippen LogP contribution < -0.4 is 5.32 Å². The first-order valence-corrected chi connectivity index (χ1v) is 8.15. The number of nitrogens with one attached hydrogen (secondary N) is 1. The van der Waals surface area contributed by atoms with Crippen molar-refractivity contribution in [3.63, 3.8) is 0 Å². The molecule has 2 unspecified atom stereocenters. The van der Waals surface area contributed by atoms with Gasteiger partial charge in [0.1, 0.15) is 0 Å². The quantitative estimate of drug-likeness (QED) is 0.926. The van der Waals surface area contributed by atoms with Crippen LogP contribution in [0.25, 0.3) is 0 Å². The Morgan fingerprint density at radius 2 is 2.18 bits per heavy atom. The van der Waals surface area contributed by atoms with Crippen molar-refractivity contribution in [2.24, 2.45) is 11.3 Å². The first-order valence-electron chi connectivity index (χ1n) is 8.15.